The maximum atomic E-state index is 6.83. The van der Waals surface area contributed by atoms with Crippen LogP contribution in [0.25, 0.3) is 9.69 Å². The largest absolute Gasteiger partial charge is 0.526 e. The van der Waals surface area contributed by atoms with Crippen molar-refractivity contribution in [1.82, 2.24) is 5.01 Å². The Hall–Kier alpha value is -2.04. The maximum Gasteiger partial charge on any atom is 0.526 e. The zero-order chi connectivity index (χ0) is 10.7. The van der Waals surface area contributed by atoms with Crippen LogP contribution in [-0.4, -0.2) is 5.01 Å². The second-order valence-electron chi connectivity index (χ2n) is 2.94. The zero-order valence-electron chi connectivity index (χ0n) is 8.07. The topological polar surface area (TPSA) is 38.0 Å². The normalized spacial score (nSPS) is 15.2. The molecule has 14 heavy (non-hydrogen) atoms. The van der Waals surface area contributed by atoms with Crippen molar-refractivity contribution in [3.8, 4) is 0 Å². The van der Waals surface area contributed by atoms with E-state index in [0.717, 1.165) is 11.4 Å². The minimum absolute atomic E-state index is 0.0804. The number of hydrazine groups is 1. The minimum Gasteiger partial charge on any atom is -0.288 e. The molecule has 0 atom stereocenters. The monoisotopic (exact) mass is 186 g/mol. The zero-order valence-corrected chi connectivity index (χ0v) is 8.07. The lowest BCUT2D eigenvalue weighted by atomic mass is 10.1. The molecular formula is C10H10N4. The molecular weight excluding hydrogens is 176 g/mol. The van der Waals surface area contributed by atoms with Crippen LogP contribution in [0.3, 0.4) is 0 Å². The molecule has 4 nitrogen and oxygen atoms in total. The summed E-state index contributed by atoms with van der Waals surface area (Å²) in [4.78, 5) is 6.30. The van der Waals surface area contributed by atoms with Crippen molar-refractivity contribution >= 4 is 0 Å². The molecule has 0 bridgehead atoms. The maximum absolute atomic E-state index is 6.83. The summed E-state index contributed by atoms with van der Waals surface area (Å²) < 4.78 is 0. The molecule has 1 rings (SSSR count). The Morgan fingerprint density at radius 3 is 2.00 bits per heavy atom. The van der Waals surface area contributed by atoms with E-state index in [1.165, 1.54) is 5.01 Å². The van der Waals surface area contributed by atoms with Crippen molar-refractivity contribution in [3.63, 3.8) is 0 Å². The first-order valence-corrected chi connectivity index (χ1v) is 4.00. The highest BCUT2D eigenvalue weighted by molar-refractivity contribution is 5.46. The molecule has 0 aromatic rings. The lowest BCUT2D eigenvalue weighted by molar-refractivity contribution is 0.446. The van der Waals surface area contributed by atoms with Crippen LogP contribution in [-0.2, 0) is 0 Å². The van der Waals surface area contributed by atoms with E-state index in [9.17, 15) is 0 Å². The van der Waals surface area contributed by atoms with Gasteiger partial charge in [-0.05, 0) is 26.0 Å². The summed E-state index contributed by atoms with van der Waals surface area (Å²) in [6, 6.07) is 0. The third-order valence-electron chi connectivity index (χ3n) is 1.96. The third-order valence-corrected chi connectivity index (χ3v) is 1.96. The van der Waals surface area contributed by atoms with Crippen LogP contribution in [0.5, 0.6) is 0 Å². The van der Waals surface area contributed by atoms with Crippen LogP contribution in [0.1, 0.15) is 13.8 Å². The smallest absolute Gasteiger partial charge is 0.288 e. The summed E-state index contributed by atoms with van der Waals surface area (Å²) in [6.07, 6.45) is 3.47. The van der Waals surface area contributed by atoms with E-state index in [-0.39, 0.29) is 5.82 Å². The molecule has 0 spiro atoms. The van der Waals surface area contributed by atoms with Crippen LogP contribution >= 0.6 is 0 Å². The van der Waals surface area contributed by atoms with Crippen molar-refractivity contribution in [1.29, 1.82) is 0 Å². The van der Waals surface area contributed by atoms with Crippen LogP contribution < -0.4 is 5.84 Å². The fourth-order valence-corrected chi connectivity index (χ4v) is 1.19. The molecule has 0 saturated carbocycles. The summed E-state index contributed by atoms with van der Waals surface area (Å²) in [6.45, 7) is 17.3. The highest BCUT2D eigenvalue weighted by Gasteiger charge is 2.16. The quantitative estimate of drug-likeness (QED) is 0.464. The van der Waals surface area contributed by atoms with E-state index >= 15 is 0 Å². The van der Waals surface area contributed by atoms with Gasteiger partial charge in [0.2, 0.25) is 0 Å². The van der Waals surface area contributed by atoms with E-state index < -0.39 is 0 Å². The van der Waals surface area contributed by atoms with Crippen molar-refractivity contribution in [2.75, 3.05) is 0 Å². The number of hydrogen-bond donors (Lipinski definition) is 1. The molecule has 0 aromatic carbocycles. The van der Waals surface area contributed by atoms with Crippen molar-refractivity contribution < 1.29 is 0 Å². The highest BCUT2D eigenvalue weighted by atomic mass is 15.4. The fraction of sp³-hybridized carbons (Fsp3) is 0.200. The van der Waals surface area contributed by atoms with Gasteiger partial charge in [-0.15, -0.1) is 0 Å². The average Bonchev–Trinajstić information content (AvgIpc) is 2.16. The van der Waals surface area contributed by atoms with E-state index in [1.807, 2.05) is 13.8 Å². The second-order valence-corrected chi connectivity index (χ2v) is 2.94. The predicted molar refractivity (Wildman–Crippen MR) is 53.8 cm³/mol. The molecule has 4 heteroatoms. The molecule has 1 heterocycles. The van der Waals surface area contributed by atoms with Crippen molar-refractivity contribution in [3.05, 3.63) is 57.8 Å². The second kappa shape index (κ2) is 3.78. The first-order chi connectivity index (χ1) is 6.60. The Bertz CT molecular complexity index is 388. The Labute approximate surface area is 83.2 Å². The molecule has 0 unspecified atom stereocenters. The Morgan fingerprint density at radius 1 is 1.21 bits per heavy atom. The molecule has 0 radical (unpaired) electrons. The molecule has 0 aliphatic carbocycles. The fourth-order valence-electron chi connectivity index (χ4n) is 1.19. The number of nitrogens with two attached hydrogens (primary N) is 1. The van der Waals surface area contributed by atoms with Gasteiger partial charge in [-0.1, -0.05) is 0 Å². The third kappa shape index (κ3) is 1.66. The van der Waals surface area contributed by atoms with Gasteiger partial charge < -0.3 is 0 Å². The number of allylic oxidation sites excluding steroid dienone is 5. The Kier molecular flexibility index (Phi) is 2.71. The van der Waals surface area contributed by atoms with Gasteiger partial charge in [0.15, 0.2) is 0 Å². The van der Waals surface area contributed by atoms with Crippen LogP contribution in [0.2, 0.25) is 0 Å². The van der Waals surface area contributed by atoms with Gasteiger partial charge in [0.1, 0.15) is 13.1 Å². The first kappa shape index (κ1) is 10.0. The van der Waals surface area contributed by atoms with E-state index in [0.29, 0.717) is 5.57 Å². The van der Waals surface area contributed by atoms with E-state index in [4.69, 9.17) is 19.0 Å². The summed E-state index contributed by atoms with van der Waals surface area (Å²) >= 11 is 0. The van der Waals surface area contributed by atoms with E-state index in [2.05, 4.69) is 9.69 Å². The molecule has 0 fully saturated rings. The van der Waals surface area contributed by atoms with Crippen LogP contribution in [0.15, 0.2) is 34.9 Å². The average molecular weight is 186 g/mol. The molecule has 0 amide bonds. The molecule has 2 N–H and O–H groups in total. The lowest BCUT2D eigenvalue weighted by Crippen LogP contribution is -2.29. The minimum atomic E-state index is 0.0804. The Balaban J connectivity index is 3.27. The summed E-state index contributed by atoms with van der Waals surface area (Å²) in [5, 5.41) is 1.52. The van der Waals surface area contributed by atoms with Gasteiger partial charge in [-0.25, -0.2) is 5.84 Å². The van der Waals surface area contributed by atoms with Crippen molar-refractivity contribution in [2.45, 2.75) is 13.8 Å². The number of hydrogen-bond acceptors (Lipinski definition) is 2. The standard InChI is InChI=1S/C10H10N4/c1-7-5-9(10(12-3)13-4)6-8(2)14(7)11/h5-6H,11H2,1-2H3. The van der Waals surface area contributed by atoms with E-state index in [1.54, 1.807) is 12.2 Å². The van der Waals surface area contributed by atoms with Gasteiger partial charge in [-0.2, -0.15) is 9.69 Å². The molecule has 0 saturated heterocycles. The number of rotatable bonds is 0. The highest BCUT2D eigenvalue weighted by Crippen LogP contribution is 2.22. The van der Waals surface area contributed by atoms with Gasteiger partial charge >= 0.3 is 5.82 Å². The lowest BCUT2D eigenvalue weighted by Gasteiger charge is -2.23. The first-order valence-electron chi connectivity index (χ1n) is 4.00. The molecule has 0 aromatic heterocycles. The molecule has 1 aliphatic heterocycles. The Morgan fingerprint density at radius 2 is 1.64 bits per heavy atom. The van der Waals surface area contributed by atoms with Gasteiger partial charge in [0.25, 0.3) is 0 Å². The van der Waals surface area contributed by atoms with Crippen molar-refractivity contribution in [2.24, 2.45) is 5.84 Å². The summed E-state index contributed by atoms with van der Waals surface area (Å²) in [5.41, 5.74) is 2.28. The predicted octanol–water partition coefficient (Wildman–Crippen LogP) is 2.03. The van der Waals surface area contributed by atoms with Gasteiger partial charge in [-0.3, -0.25) is 5.01 Å². The summed E-state index contributed by atoms with van der Waals surface area (Å²) in [5.74, 6) is 5.77. The molecule has 1 aliphatic rings. The summed E-state index contributed by atoms with van der Waals surface area (Å²) in [7, 11) is 0. The van der Waals surface area contributed by atoms with Gasteiger partial charge in [0.05, 0.1) is 5.57 Å². The molecule has 70 valence electrons. The van der Waals surface area contributed by atoms with Crippen LogP contribution in [0.4, 0.5) is 0 Å². The number of nitrogens with zero attached hydrogens (tertiary/aromatic N) is 3. The SMILES string of the molecule is [C-]#[N+]C([N+]#[C-])=C1C=C(C)N(N)C(C)=C1. The van der Waals surface area contributed by atoms with Crippen LogP contribution in [0, 0.1) is 13.1 Å². The van der Waals surface area contributed by atoms with Gasteiger partial charge in [0, 0.05) is 11.4 Å².